The fourth-order valence-electron chi connectivity index (χ4n) is 5.28. The van der Waals surface area contributed by atoms with Crippen LogP contribution in [0.2, 0.25) is 0 Å². The molecule has 1 saturated carbocycles. The first-order valence-corrected chi connectivity index (χ1v) is 11.1. The average molecular weight is 490 g/mol. The van der Waals surface area contributed by atoms with Crippen molar-refractivity contribution in [2.24, 2.45) is 23.7 Å². The highest BCUT2D eigenvalue weighted by molar-refractivity contribution is 6.10. The van der Waals surface area contributed by atoms with Crippen LogP contribution in [0.15, 0.2) is 60.7 Å². The second kappa shape index (κ2) is 8.48. The molecule has 2 aromatic carbocycles. The van der Waals surface area contributed by atoms with Crippen LogP contribution >= 0.6 is 0 Å². The molecule has 2 bridgehead atoms. The van der Waals surface area contributed by atoms with E-state index >= 15 is 0 Å². The number of hydrazine groups is 1. The molecule has 0 unspecified atom stereocenters. The number of fused-ring (bicyclic) bond motifs is 5. The molecule has 36 heavy (non-hydrogen) atoms. The summed E-state index contributed by atoms with van der Waals surface area (Å²) in [5.41, 5.74) is -1.02. The number of ketones is 1. The van der Waals surface area contributed by atoms with Crippen LogP contribution in [-0.2, 0) is 9.59 Å². The van der Waals surface area contributed by atoms with Gasteiger partial charge in [-0.15, -0.1) is 0 Å². The van der Waals surface area contributed by atoms with Crippen molar-refractivity contribution in [1.29, 1.82) is 0 Å². The van der Waals surface area contributed by atoms with E-state index < -0.39 is 51.7 Å². The molecule has 0 aromatic heterocycles. The van der Waals surface area contributed by atoms with Crippen molar-refractivity contribution in [2.75, 3.05) is 6.54 Å². The number of imide groups is 1. The van der Waals surface area contributed by atoms with Gasteiger partial charge in [-0.3, -0.25) is 39.4 Å². The largest absolute Gasteiger partial charge is 0.292 e. The third-order valence-electron chi connectivity index (χ3n) is 6.90. The zero-order valence-corrected chi connectivity index (χ0v) is 18.6. The molecule has 2 fully saturated rings. The minimum absolute atomic E-state index is 0.0953. The van der Waals surface area contributed by atoms with Gasteiger partial charge >= 0.3 is 0 Å². The number of hydrogen-bond donors (Lipinski definition) is 0. The summed E-state index contributed by atoms with van der Waals surface area (Å²) in [7, 11) is 0. The molecule has 1 heterocycles. The molecular weight excluding hydrogens is 472 g/mol. The number of nitrogens with zero attached hydrogens (tertiary/aromatic N) is 4. The summed E-state index contributed by atoms with van der Waals surface area (Å²) in [6.07, 6.45) is 4.41. The highest BCUT2D eigenvalue weighted by Crippen LogP contribution is 2.52. The molecule has 1 saturated heterocycles. The van der Waals surface area contributed by atoms with Crippen molar-refractivity contribution in [3.8, 4) is 0 Å². The maximum absolute atomic E-state index is 13.5. The van der Waals surface area contributed by atoms with Crippen molar-refractivity contribution in [1.82, 2.24) is 10.0 Å². The Morgan fingerprint density at radius 1 is 0.861 bits per heavy atom. The van der Waals surface area contributed by atoms with Crippen LogP contribution in [0.3, 0.4) is 0 Å². The summed E-state index contributed by atoms with van der Waals surface area (Å²) >= 11 is 0. The summed E-state index contributed by atoms with van der Waals surface area (Å²) in [4.78, 5) is 74.3. The van der Waals surface area contributed by atoms with Gasteiger partial charge in [0, 0.05) is 35.4 Å². The normalized spacial score (nSPS) is 23.6. The first-order chi connectivity index (χ1) is 17.2. The zero-order chi connectivity index (χ0) is 25.7. The Labute approximate surface area is 203 Å². The topological polar surface area (TPSA) is 161 Å². The van der Waals surface area contributed by atoms with Gasteiger partial charge in [0.05, 0.1) is 21.7 Å². The number of nitro benzene ring substituents is 2. The lowest BCUT2D eigenvalue weighted by Gasteiger charge is -2.30. The minimum Gasteiger partial charge on any atom is -0.292 e. The van der Waals surface area contributed by atoms with Gasteiger partial charge in [0.2, 0.25) is 0 Å². The number of nitro groups is 2. The summed E-state index contributed by atoms with van der Waals surface area (Å²) in [6.45, 7) is -0.775. The molecule has 2 aromatic rings. The maximum atomic E-state index is 13.5. The number of rotatable bonds is 7. The SMILES string of the molecule is O=C(CN(C(=O)c1cccc([N+](=O)[O-])c1)N1C(=O)[C@H]2[C@H](C1=O)[C@H]1C=C[C@H]2C1)c1cccc([N+](=O)[O-])c1. The molecule has 4 atom stereocenters. The van der Waals surface area contributed by atoms with E-state index in [0.29, 0.717) is 16.4 Å². The van der Waals surface area contributed by atoms with Gasteiger partial charge in [0.15, 0.2) is 5.78 Å². The molecule has 182 valence electrons. The Morgan fingerprint density at radius 2 is 1.36 bits per heavy atom. The maximum Gasteiger partial charge on any atom is 0.273 e. The highest BCUT2D eigenvalue weighted by atomic mass is 16.6. The lowest BCUT2D eigenvalue weighted by atomic mass is 9.85. The molecule has 2 aliphatic carbocycles. The molecule has 0 radical (unpaired) electrons. The van der Waals surface area contributed by atoms with Crippen LogP contribution in [0, 0.1) is 43.9 Å². The van der Waals surface area contributed by atoms with E-state index in [0.717, 1.165) is 12.1 Å². The fourth-order valence-corrected chi connectivity index (χ4v) is 5.28. The first-order valence-electron chi connectivity index (χ1n) is 11.1. The van der Waals surface area contributed by atoms with E-state index in [1.807, 2.05) is 12.2 Å². The predicted molar refractivity (Wildman–Crippen MR) is 121 cm³/mol. The number of amides is 3. The van der Waals surface area contributed by atoms with Crippen LogP contribution in [0.1, 0.15) is 27.1 Å². The Bertz CT molecular complexity index is 1360. The molecule has 12 heteroatoms. The number of hydrogen-bond acceptors (Lipinski definition) is 8. The lowest BCUT2D eigenvalue weighted by Crippen LogP contribution is -2.52. The summed E-state index contributed by atoms with van der Waals surface area (Å²) in [5, 5.41) is 23.7. The van der Waals surface area contributed by atoms with E-state index in [1.54, 1.807) is 0 Å². The van der Waals surface area contributed by atoms with E-state index in [2.05, 4.69) is 0 Å². The Balaban J connectivity index is 1.52. The Hall–Kier alpha value is -4.74. The fraction of sp³-hybridized carbons (Fsp3) is 0.250. The van der Waals surface area contributed by atoms with Crippen LogP contribution in [0.25, 0.3) is 0 Å². The van der Waals surface area contributed by atoms with Gasteiger partial charge in [0.1, 0.15) is 6.54 Å². The molecule has 3 aliphatic rings. The van der Waals surface area contributed by atoms with Crippen molar-refractivity contribution >= 4 is 34.9 Å². The quantitative estimate of drug-likeness (QED) is 0.188. The van der Waals surface area contributed by atoms with Crippen molar-refractivity contribution in [2.45, 2.75) is 6.42 Å². The van der Waals surface area contributed by atoms with E-state index in [1.165, 1.54) is 36.4 Å². The first kappa shape index (κ1) is 23.0. The molecule has 1 aliphatic heterocycles. The number of carbonyl (C=O) groups is 4. The minimum atomic E-state index is -0.959. The second-order valence-corrected chi connectivity index (χ2v) is 8.89. The van der Waals surface area contributed by atoms with Gasteiger partial charge < -0.3 is 0 Å². The van der Waals surface area contributed by atoms with Gasteiger partial charge in [-0.25, -0.2) is 5.01 Å². The third-order valence-corrected chi connectivity index (χ3v) is 6.90. The molecule has 5 rings (SSSR count). The average Bonchev–Trinajstić information content (AvgIpc) is 3.56. The van der Waals surface area contributed by atoms with E-state index in [4.69, 9.17) is 0 Å². The molecule has 12 nitrogen and oxygen atoms in total. The summed E-state index contributed by atoms with van der Waals surface area (Å²) in [5.74, 6) is -4.55. The van der Waals surface area contributed by atoms with E-state index in [9.17, 15) is 39.4 Å². The van der Waals surface area contributed by atoms with Crippen molar-refractivity contribution < 1.29 is 29.0 Å². The Morgan fingerprint density at radius 3 is 1.89 bits per heavy atom. The molecular formula is C24H18N4O8. The standard InChI is InChI=1S/C24H18N4O8/c29-19(13-3-1-5-17(10-13)27(33)34)12-25(22(30)16-4-2-6-18(11-16)28(35)36)26-23(31)20-14-7-8-15(9-14)21(20)24(26)32/h1-8,10-11,14-15,20-21H,9,12H2/t14-,15-,20+,21+/m0/s1. The number of Topliss-reactive ketones (excluding diaryl/α,β-unsaturated/α-hetero) is 1. The van der Waals surface area contributed by atoms with Gasteiger partial charge in [-0.2, -0.15) is 5.01 Å². The number of carbonyl (C=O) groups excluding carboxylic acids is 4. The number of allylic oxidation sites excluding steroid dienone is 2. The molecule has 0 spiro atoms. The van der Waals surface area contributed by atoms with Crippen molar-refractivity contribution in [3.05, 3.63) is 92.0 Å². The van der Waals surface area contributed by atoms with E-state index in [-0.39, 0.29) is 34.3 Å². The summed E-state index contributed by atoms with van der Waals surface area (Å²) in [6, 6.07) is 9.57. The monoisotopic (exact) mass is 490 g/mol. The highest BCUT2D eigenvalue weighted by Gasteiger charge is 2.61. The molecule has 3 amide bonds. The Kier molecular flexibility index (Phi) is 5.43. The smallest absolute Gasteiger partial charge is 0.273 e. The lowest BCUT2D eigenvalue weighted by molar-refractivity contribution is -0.385. The van der Waals surface area contributed by atoms with Crippen LogP contribution in [0.4, 0.5) is 11.4 Å². The molecule has 0 N–H and O–H groups in total. The zero-order valence-electron chi connectivity index (χ0n) is 18.6. The summed E-state index contributed by atoms with van der Waals surface area (Å²) < 4.78 is 0. The van der Waals surface area contributed by atoms with Crippen molar-refractivity contribution in [3.63, 3.8) is 0 Å². The number of non-ortho nitro benzene ring substituents is 2. The van der Waals surface area contributed by atoms with Gasteiger partial charge in [-0.05, 0) is 24.3 Å². The van der Waals surface area contributed by atoms with Crippen LogP contribution in [-0.4, -0.2) is 49.9 Å². The third kappa shape index (κ3) is 3.63. The number of benzene rings is 2. The van der Waals surface area contributed by atoms with Gasteiger partial charge in [-0.1, -0.05) is 30.4 Å². The second-order valence-electron chi connectivity index (χ2n) is 8.89. The predicted octanol–water partition coefficient (Wildman–Crippen LogP) is 2.55. The van der Waals surface area contributed by atoms with Gasteiger partial charge in [0.25, 0.3) is 29.1 Å². The van der Waals surface area contributed by atoms with Crippen LogP contribution in [0.5, 0.6) is 0 Å². The van der Waals surface area contributed by atoms with Crippen LogP contribution < -0.4 is 0 Å².